The monoisotopic (exact) mass is 228 g/mol. The molecule has 0 aromatic carbocycles. The number of esters is 1. The predicted octanol–water partition coefficient (Wildman–Crippen LogP) is 2.02. The first-order valence-corrected chi connectivity index (χ1v) is 5.61. The summed E-state index contributed by atoms with van der Waals surface area (Å²) >= 11 is 1.36. The molecule has 0 N–H and O–H groups in total. The zero-order valence-corrected chi connectivity index (χ0v) is 10.3. The molecule has 5 heteroatoms. The number of hydrogen-bond donors (Lipinski definition) is 0. The fourth-order valence-electron chi connectivity index (χ4n) is 1.26. The van der Waals surface area contributed by atoms with E-state index in [4.69, 9.17) is 0 Å². The van der Waals surface area contributed by atoms with Gasteiger partial charge in [0.2, 0.25) is 0 Å². The summed E-state index contributed by atoms with van der Waals surface area (Å²) in [5.41, 5.74) is 0. The van der Waals surface area contributed by atoms with Crippen LogP contribution in [0.2, 0.25) is 0 Å². The number of thiazole rings is 1. The summed E-state index contributed by atoms with van der Waals surface area (Å²) in [6.45, 7) is 5.21. The molecule has 0 unspecified atom stereocenters. The Bertz CT molecular complexity index is 336. The van der Waals surface area contributed by atoms with E-state index in [0.717, 1.165) is 11.7 Å². The first-order valence-electron chi connectivity index (χ1n) is 4.80. The Hall–Kier alpha value is -1.10. The second-order valence-corrected chi connectivity index (χ2v) is 4.78. The van der Waals surface area contributed by atoms with Crippen molar-refractivity contribution in [3.8, 4) is 0 Å². The molecule has 0 saturated heterocycles. The van der Waals surface area contributed by atoms with Crippen LogP contribution in [0.5, 0.6) is 0 Å². The van der Waals surface area contributed by atoms with Crippen LogP contribution in [-0.4, -0.2) is 31.7 Å². The molecule has 1 heterocycles. The van der Waals surface area contributed by atoms with Crippen LogP contribution >= 0.6 is 11.3 Å². The summed E-state index contributed by atoms with van der Waals surface area (Å²) in [5, 5.41) is 0.851. The molecule has 84 valence electrons. The minimum Gasteiger partial charge on any atom is -0.465 e. The van der Waals surface area contributed by atoms with Crippen molar-refractivity contribution >= 4 is 22.4 Å². The normalized spacial score (nSPS) is 10.5. The number of ether oxygens (including phenoxy) is 1. The molecule has 0 amide bonds. The van der Waals surface area contributed by atoms with Crippen LogP contribution < -0.4 is 4.90 Å². The lowest BCUT2D eigenvalue weighted by Gasteiger charge is -2.17. The Kier molecular flexibility index (Phi) is 4.08. The van der Waals surface area contributed by atoms with Gasteiger partial charge in [-0.25, -0.2) is 9.78 Å². The third-order valence-electron chi connectivity index (χ3n) is 1.85. The molecule has 0 atom stereocenters. The van der Waals surface area contributed by atoms with Gasteiger partial charge in [-0.2, -0.15) is 0 Å². The van der Waals surface area contributed by atoms with Gasteiger partial charge in [0.15, 0.2) is 5.13 Å². The maximum absolute atomic E-state index is 11.2. The quantitative estimate of drug-likeness (QED) is 0.739. The van der Waals surface area contributed by atoms with Gasteiger partial charge in [0.1, 0.15) is 4.88 Å². The maximum atomic E-state index is 11.2. The standard InChI is InChI=1S/C10H16N2O2S/c1-7(2)6-12(3)10-11-5-8(15-10)9(13)14-4/h5,7H,6H2,1-4H3. The van der Waals surface area contributed by atoms with Crippen LogP contribution in [0.4, 0.5) is 5.13 Å². The molecular weight excluding hydrogens is 212 g/mol. The van der Waals surface area contributed by atoms with Crippen LogP contribution in [0.1, 0.15) is 23.5 Å². The van der Waals surface area contributed by atoms with Crippen LogP contribution in [0, 0.1) is 5.92 Å². The number of aromatic nitrogens is 1. The van der Waals surface area contributed by atoms with Crippen molar-refractivity contribution in [3.05, 3.63) is 11.1 Å². The SMILES string of the molecule is COC(=O)c1cnc(N(C)CC(C)C)s1. The largest absolute Gasteiger partial charge is 0.465 e. The molecule has 0 aliphatic heterocycles. The van der Waals surface area contributed by atoms with E-state index in [2.05, 4.69) is 23.6 Å². The van der Waals surface area contributed by atoms with Crippen LogP contribution in [-0.2, 0) is 4.74 Å². The van der Waals surface area contributed by atoms with Crippen LogP contribution in [0.3, 0.4) is 0 Å². The minimum atomic E-state index is -0.323. The lowest BCUT2D eigenvalue weighted by molar-refractivity contribution is 0.0606. The van der Waals surface area contributed by atoms with E-state index < -0.39 is 0 Å². The van der Waals surface area contributed by atoms with Gasteiger partial charge in [0.25, 0.3) is 0 Å². The van der Waals surface area contributed by atoms with E-state index in [9.17, 15) is 4.79 Å². The highest BCUT2D eigenvalue weighted by Crippen LogP contribution is 2.22. The smallest absolute Gasteiger partial charge is 0.349 e. The van der Waals surface area contributed by atoms with E-state index in [0.29, 0.717) is 10.8 Å². The molecule has 0 saturated carbocycles. The van der Waals surface area contributed by atoms with Crippen molar-refractivity contribution < 1.29 is 9.53 Å². The van der Waals surface area contributed by atoms with Crippen molar-refractivity contribution in [1.29, 1.82) is 0 Å². The third kappa shape index (κ3) is 3.20. The van der Waals surface area contributed by atoms with Crippen LogP contribution in [0.25, 0.3) is 0 Å². The van der Waals surface area contributed by atoms with Crippen molar-refractivity contribution in [2.24, 2.45) is 5.92 Å². The number of carbonyl (C=O) groups excluding carboxylic acids is 1. The fourth-order valence-corrected chi connectivity index (χ4v) is 2.07. The van der Waals surface area contributed by atoms with Gasteiger partial charge >= 0.3 is 5.97 Å². The highest BCUT2D eigenvalue weighted by molar-refractivity contribution is 7.17. The van der Waals surface area contributed by atoms with E-state index in [1.807, 2.05) is 11.9 Å². The van der Waals surface area contributed by atoms with E-state index in [1.54, 1.807) is 6.20 Å². The Labute approximate surface area is 93.9 Å². The second kappa shape index (κ2) is 5.11. The van der Waals surface area contributed by atoms with Gasteiger partial charge in [-0.05, 0) is 5.92 Å². The summed E-state index contributed by atoms with van der Waals surface area (Å²) in [5.74, 6) is 0.247. The van der Waals surface area contributed by atoms with E-state index in [-0.39, 0.29) is 5.97 Å². The topological polar surface area (TPSA) is 42.4 Å². The maximum Gasteiger partial charge on any atom is 0.349 e. The van der Waals surface area contributed by atoms with Gasteiger partial charge in [-0.3, -0.25) is 0 Å². The first-order chi connectivity index (χ1) is 7.04. The van der Waals surface area contributed by atoms with Gasteiger partial charge in [-0.1, -0.05) is 25.2 Å². The molecule has 0 spiro atoms. The lowest BCUT2D eigenvalue weighted by atomic mass is 10.2. The summed E-state index contributed by atoms with van der Waals surface area (Å²) in [4.78, 5) is 18.0. The Balaban J connectivity index is 2.71. The molecule has 1 rings (SSSR count). The molecule has 0 bridgehead atoms. The average molecular weight is 228 g/mol. The zero-order chi connectivity index (χ0) is 11.4. The van der Waals surface area contributed by atoms with Crippen LogP contribution in [0.15, 0.2) is 6.20 Å². The first kappa shape index (κ1) is 12.0. The number of methoxy groups -OCH3 is 1. The molecular formula is C10H16N2O2S. The molecule has 0 fully saturated rings. The average Bonchev–Trinajstić information content (AvgIpc) is 2.64. The molecule has 1 aromatic rings. The summed E-state index contributed by atoms with van der Waals surface area (Å²) < 4.78 is 4.62. The highest BCUT2D eigenvalue weighted by Gasteiger charge is 2.13. The Morgan fingerprint density at radius 2 is 2.33 bits per heavy atom. The lowest BCUT2D eigenvalue weighted by Crippen LogP contribution is -2.22. The third-order valence-corrected chi connectivity index (χ3v) is 2.94. The molecule has 4 nitrogen and oxygen atoms in total. The van der Waals surface area contributed by atoms with Crippen molar-refractivity contribution in [3.63, 3.8) is 0 Å². The second-order valence-electron chi connectivity index (χ2n) is 3.77. The van der Waals surface area contributed by atoms with Crippen molar-refractivity contribution in [1.82, 2.24) is 4.98 Å². The molecule has 15 heavy (non-hydrogen) atoms. The van der Waals surface area contributed by atoms with E-state index in [1.165, 1.54) is 18.4 Å². The van der Waals surface area contributed by atoms with Gasteiger partial charge < -0.3 is 9.64 Å². The van der Waals surface area contributed by atoms with Crippen molar-refractivity contribution in [2.75, 3.05) is 25.6 Å². The number of nitrogens with zero attached hydrogens (tertiary/aromatic N) is 2. The van der Waals surface area contributed by atoms with E-state index >= 15 is 0 Å². The minimum absolute atomic E-state index is 0.323. The van der Waals surface area contributed by atoms with Crippen molar-refractivity contribution in [2.45, 2.75) is 13.8 Å². The molecule has 0 aliphatic carbocycles. The molecule has 0 aliphatic rings. The molecule has 0 radical (unpaired) electrons. The summed E-state index contributed by atoms with van der Waals surface area (Å²) in [6.07, 6.45) is 1.56. The number of rotatable bonds is 4. The summed E-state index contributed by atoms with van der Waals surface area (Å²) in [7, 11) is 3.35. The van der Waals surface area contributed by atoms with Gasteiger partial charge in [0.05, 0.1) is 13.3 Å². The fraction of sp³-hybridized carbons (Fsp3) is 0.600. The molecule has 1 aromatic heterocycles. The summed E-state index contributed by atoms with van der Waals surface area (Å²) in [6, 6.07) is 0. The van der Waals surface area contributed by atoms with Gasteiger partial charge in [-0.15, -0.1) is 0 Å². The zero-order valence-electron chi connectivity index (χ0n) is 9.48. The Morgan fingerprint density at radius 3 is 2.87 bits per heavy atom. The highest BCUT2D eigenvalue weighted by atomic mass is 32.1. The Morgan fingerprint density at radius 1 is 1.67 bits per heavy atom. The van der Waals surface area contributed by atoms with Gasteiger partial charge in [0, 0.05) is 13.6 Å². The number of anilines is 1. The number of hydrogen-bond acceptors (Lipinski definition) is 5. The predicted molar refractivity (Wildman–Crippen MR) is 61.6 cm³/mol. The number of carbonyl (C=O) groups is 1.